The van der Waals surface area contributed by atoms with Gasteiger partial charge in [0, 0.05) is 52.3 Å². The van der Waals surface area contributed by atoms with Crippen LogP contribution < -0.4 is 5.73 Å². The zero-order valence-corrected chi connectivity index (χ0v) is 15.9. The van der Waals surface area contributed by atoms with E-state index in [2.05, 4.69) is 33.9 Å². The minimum Gasteiger partial charge on any atom is -0.399 e. The first-order valence-corrected chi connectivity index (χ1v) is 8.87. The standard InChI is InChI=1S/C20H16N4O.CH3NS/c21-15-6-4-12(5-7-15)19(25)18-11-24-20-17(18)9-14(10-23-20)13-2-1-3-16(22)8-13;1-2-3/h1-6,8-11,21H,7,22H2,(H,23,24);3H,1H2. The molecule has 0 saturated heterocycles. The first-order valence-electron chi connectivity index (χ1n) is 8.47. The summed E-state index contributed by atoms with van der Waals surface area (Å²) < 4.78 is 2.94. The van der Waals surface area contributed by atoms with Crippen molar-refractivity contribution < 1.29 is 4.79 Å². The fraction of sp³-hybridized carbons (Fsp3) is 0.0476. The fourth-order valence-corrected chi connectivity index (χ4v) is 2.94. The lowest BCUT2D eigenvalue weighted by atomic mass is 9.97. The monoisotopic (exact) mass is 389 g/mol. The van der Waals surface area contributed by atoms with Gasteiger partial charge in [-0.05, 0) is 55.4 Å². The minimum atomic E-state index is -0.0680. The van der Waals surface area contributed by atoms with Crippen LogP contribution in [0.4, 0.5) is 5.69 Å². The molecule has 0 aliphatic heterocycles. The number of allylic oxidation sites excluding steroid dienone is 4. The lowest BCUT2D eigenvalue weighted by Crippen LogP contribution is -2.05. The third-order valence-electron chi connectivity index (χ3n) is 4.26. The maximum atomic E-state index is 12.8. The van der Waals surface area contributed by atoms with Gasteiger partial charge in [-0.3, -0.25) is 4.79 Å². The number of nitrogen functional groups attached to an aromatic ring is 1. The maximum Gasteiger partial charge on any atom is 0.194 e. The molecule has 1 aliphatic carbocycles. The molecule has 0 spiro atoms. The molecule has 0 atom stereocenters. The van der Waals surface area contributed by atoms with Crippen molar-refractivity contribution >= 4 is 47.7 Å². The summed E-state index contributed by atoms with van der Waals surface area (Å²) in [7, 11) is 0. The van der Waals surface area contributed by atoms with Gasteiger partial charge in [-0.1, -0.05) is 18.2 Å². The van der Waals surface area contributed by atoms with E-state index in [0.29, 0.717) is 34.6 Å². The van der Waals surface area contributed by atoms with Crippen molar-refractivity contribution in [3.63, 3.8) is 0 Å². The van der Waals surface area contributed by atoms with Crippen LogP contribution in [0.5, 0.6) is 0 Å². The van der Waals surface area contributed by atoms with Gasteiger partial charge in [0.25, 0.3) is 0 Å². The summed E-state index contributed by atoms with van der Waals surface area (Å²) in [5, 5.41) is 8.37. The molecule has 2 aromatic heterocycles. The summed E-state index contributed by atoms with van der Waals surface area (Å²) in [6.07, 6.45) is 9.09. The lowest BCUT2D eigenvalue weighted by molar-refractivity contribution is 0.103. The Labute approximate surface area is 168 Å². The third kappa shape index (κ3) is 4.10. The van der Waals surface area contributed by atoms with Crippen molar-refractivity contribution in [2.24, 2.45) is 4.40 Å². The normalized spacial score (nSPS) is 12.9. The number of nitrogens with one attached hydrogen (secondary N) is 2. The van der Waals surface area contributed by atoms with Gasteiger partial charge >= 0.3 is 0 Å². The lowest BCUT2D eigenvalue weighted by Gasteiger charge is -2.07. The number of anilines is 1. The quantitative estimate of drug-likeness (QED) is 0.230. The summed E-state index contributed by atoms with van der Waals surface area (Å²) >= 11 is 3.30. The number of aromatic amines is 1. The number of H-pyrrole nitrogens is 1. The molecule has 28 heavy (non-hydrogen) atoms. The highest BCUT2D eigenvalue weighted by Gasteiger charge is 2.17. The van der Waals surface area contributed by atoms with E-state index in [4.69, 9.17) is 11.1 Å². The highest BCUT2D eigenvalue weighted by molar-refractivity contribution is 7.78. The van der Waals surface area contributed by atoms with E-state index in [-0.39, 0.29) is 5.78 Å². The summed E-state index contributed by atoms with van der Waals surface area (Å²) in [6.45, 7) is 2.98. The van der Waals surface area contributed by atoms with E-state index in [1.165, 1.54) is 0 Å². The van der Waals surface area contributed by atoms with Crippen LogP contribution in [0, 0.1) is 5.41 Å². The fourth-order valence-electron chi connectivity index (χ4n) is 2.94. The van der Waals surface area contributed by atoms with Crippen LogP contribution in [0.1, 0.15) is 16.8 Å². The molecular weight excluding hydrogens is 370 g/mol. The van der Waals surface area contributed by atoms with E-state index in [0.717, 1.165) is 16.5 Å². The van der Waals surface area contributed by atoms with Crippen molar-refractivity contribution in [3.05, 3.63) is 72.1 Å². The molecule has 140 valence electrons. The number of Topliss-reactive ketones (excluding diaryl/α,β-unsaturated/α-hetero) is 1. The van der Waals surface area contributed by atoms with Crippen molar-refractivity contribution in [1.82, 2.24) is 9.97 Å². The highest BCUT2D eigenvalue weighted by Crippen LogP contribution is 2.27. The van der Waals surface area contributed by atoms with E-state index in [1.807, 2.05) is 30.3 Å². The van der Waals surface area contributed by atoms with Crippen LogP contribution in [0.15, 0.2) is 70.9 Å². The third-order valence-corrected chi connectivity index (χ3v) is 4.26. The second-order valence-corrected chi connectivity index (χ2v) is 6.42. The van der Waals surface area contributed by atoms with Crippen LogP contribution in [0.3, 0.4) is 0 Å². The zero-order valence-electron chi connectivity index (χ0n) is 15.0. The molecule has 1 aliphatic rings. The molecule has 0 fully saturated rings. The zero-order chi connectivity index (χ0) is 20.1. The highest BCUT2D eigenvalue weighted by atomic mass is 32.1. The number of nitrogens with zero attached hydrogens (tertiary/aromatic N) is 2. The summed E-state index contributed by atoms with van der Waals surface area (Å²) in [4.78, 5) is 20.3. The Morgan fingerprint density at radius 1 is 1.29 bits per heavy atom. The van der Waals surface area contributed by atoms with Crippen LogP contribution in [0.2, 0.25) is 0 Å². The molecule has 4 rings (SSSR count). The Hall–Kier alpha value is -3.45. The number of hydrogen-bond donors (Lipinski definition) is 4. The number of fused-ring (bicyclic) bond motifs is 1. The van der Waals surface area contributed by atoms with Gasteiger partial charge in [-0.15, -0.1) is 0 Å². The van der Waals surface area contributed by atoms with E-state index >= 15 is 0 Å². The Bertz CT molecular complexity index is 1130. The Morgan fingerprint density at radius 2 is 2.07 bits per heavy atom. The predicted octanol–water partition coefficient (Wildman–Crippen LogP) is 4.43. The number of aromatic nitrogens is 2. The number of carbonyl (C=O) groups excluding carboxylic acids is 1. The van der Waals surface area contributed by atoms with Gasteiger partial charge in [0.05, 0.1) is 0 Å². The number of ketones is 1. The summed E-state index contributed by atoms with van der Waals surface area (Å²) in [6, 6.07) is 9.53. The average Bonchev–Trinajstić information content (AvgIpc) is 3.12. The number of pyridine rings is 1. The molecule has 2 heterocycles. The largest absolute Gasteiger partial charge is 0.399 e. The minimum absolute atomic E-state index is 0.0680. The van der Waals surface area contributed by atoms with Gasteiger partial charge < -0.3 is 16.1 Å². The molecule has 4 N–H and O–H groups in total. The van der Waals surface area contributed by atoms with Gasteiger partial charge in [0.15, 0.2) is 5.78 Å². The molecule has 6 nitrogen and oxygen atoms in total. The molecule has 7 heteroatoms. The summed E-state index contributed by atoms with van der Waals surface area (Å²) in [5.74, 6) is -0.0680. The molecule has 0 radical (unpaired) electrons. The Morgan fingerprint density at radius 3 is 2.75 bits per heavy atom. The van der Waals surface area contributed by atoms with Gasteiger partial charge in [-0.2, -0.15) is 0 Å². The second kappa shape index (κ2) is 8.49. The van der Waals surface area contributed by atoms with Crippen LogP contribution in [0.25, 0.3) is 22.2 Å². The molecular formula is C21H19N5OS. The van der Waals surface area contributed by atoms with E-state index in [9.17, 15) is 4.79 Å². The van der Waals surface area contributed by atoms with Crippen molar-refractivity contribution in [2.45, 2.75) is 6.42 Å². The van der Waals surface area contributed by atoms with Crippen LogP contribution >= 0.6 is 12.8 Å². The number of nitrogens with two attached hydrogens (primary N) is 1. The van der Waals surface area contributed by atoms with Gasteiger partial charge in [-0.25, -0.2) is 9.38 Å². The van der Waals surface area contributed by atoms with Crippen molar-refractivity contribution in [2.75, 3.05) is 5.73 Å². The molecule has 0 bridgehead atoms. The van der Waals surface area contributed by atoms with Crippen molar-refractivity contribution in [3.8, 4) is 11.1 Å². The average molecular weight is 389 g/mol. The predicted molar refractivity (Wildman–Crippen MR) is 118 cm³/mol. The SMILES string of the molecule is C=NS.N=C1C=CC(C(=O)c2c[nH]c3ncc(-c4cccc(N)c4)cc23)=CC1. The maximum absolute atomic E-state index is 12.8. The number of thiol groups is 1. The number of rotatable bonds is 3. The molecule has 0 amide bonds. The van der Waals surface area contributed by atoms with E-state index < -0.39 is 0 Å². The first-order chi connectivity index (χ1) is 13.5. The smallest absolute Gasteiger partial charge is 0.194 e. The Kier molecular flexibility index (Phi) is 5.86. The van der Waals surface area contributed by atoms with Crippen LogP contribution in [-0.4, -0.2) is 28.2 Å². The molecule has 0 unspecified atom stereocenters. The van der Waals surface area contributed by atoms with E-state index in [1.54, 1.807) is 30.6 Å². The number of hydrogen-bond acceptors (Lipinski definition) is 6. The second-order valence-electron chi connectivity index (χ2n) is 6.14. The Balaban J connectivity index is 0.000000706. The van der Waals surface area contributed by atoms with Crippen molar-refractivity contribution in [1.29, 1.82) is 5.41 Å². The van der Waals surface area contributed by atoms with Gasteiger partial charge in [0.2, 0.25) is 0 Å². The molecule has 3 aromatic rings. The van der Waals surface area contributed by atoms with Gasteiger partial charge in [0.1, 0.15) is 5.65 Å². The molecule has 1 aromatic carbocycles. The topological polar surface area (TPSA) is 108 Å². The number of benzene rings is 1. The molecule has 0 saturated carbocycles. The van der Waals surface area contributed by atoms with Crippen LogP contribution in [-0.2, 0) is 0 Å². The first kappa shape index (κ1) is 19.3. The summed E-state index contributed by atoms with van der Waals surface area (Å²) in [5.41, 5.74) is 10.8. The number of carbonyl (C=O) groups is 1.